The smallest absolute Gasteiger partial charge is 0.0609 e. The van der Waals surface area contributed by atoms with E-state index in [1.165, 1.54) is 34.7 Å². The van der Waals surface area contributed by atoms with Gasteiger partial charge >= 0.3 is 0 Å². The van der Waals surface area contributed by atoms with Gasteiger partial charge in [0.05, 0.1) is 6.10 Å². The highest BCUT2D eigenvalue weighted by atomic mass is 16.3. The van der Waals surface area contributed by atoms with Crippen molar-refractivity contribution in [2.45, 2.75) is 57.5 Å². The molecule has 3 rings (SSSR count). The van der Waals surface area contributed by atoms with Gasteiger partial charge in [0.2, 0.25) is 0 Å². The fourth-order valence-corrected chi connectivity index (χ4v) is 3.71. The maximum Gasteiger partial charge on any atom is 0.0609 e. The van der Waals surface area contributed by atoms with Crippen LogP contribution in [0.15, 0.2) is 36.4 Å². The van der Waals surface area contributed by atoms with Crippen molar-refractivity contribution in [1.82, 2.24) is 0 Å². The largest absolute Gasteiger partial charge is 0.392 e. The van der Waals surface area contributed by atoms with Crippen molar-refractivity contribution in [3.63, 3.8) is 0 Å². The first-order valence-electron chi connectivity index (χ1n) is 8.00. The van der Waals surface area contributed by atoms with Gasteiger partial charge in [-0.25, -0.2) is 0 Å². The van der Waals surface area contributed by atoms with Gasteiger partial charge in [0.15, 0.2) is 0 Å². The Labute approximate surface area is 121 Å². The lowest BCUT2D eigenvalue weighted by Crippen LogP contribution is -2.23. The zero-order chi connectivity index (χ0) is 13.9. The van der Waals surface area contributed by atoms with Crippen LogP contribution >= 0.6 is 0 Å². The Bertz CT molecular complexity index is 587. The standard InChI is InChI=1S/C19H24O/c1-2-7-15-13-12-14-8-3-4-9-16(14)19(15)17-10-5-6-11-18(17)20/h3-4,8-9,12-13,17-18,20H,2,5-7,10-11H2,1H3/t17-,18+/m0/s1. The molecule has 2 aromatic carbocycles. The molecule has 2 aromatic rings. The lowest BCUT2D eigenvalue weighted by Gasteiger charge is -2.30. The van der Waals surface area contributed by atoms with Crippen molar-refractivity contribution >= 4 is 10.8 Å². The van der Waals surface area contributed by atoms with E-state index in [1.54, 1.807) is 0 Å². The van der Waals surface area contributed by atoms with E-state index in [9.17, 15) is 5.11 Å². The summed E-state index contributed by atoms with van der Waals surface area (Å²) in [4.78, 5) is 0. The zero-order valence-electron chi connectivity index (χ0n) is 12.3. The first kappa shape index (κ1) is 13.6. The zero-order valence-corrected chi connectivity index (χ0v) is 12.3. The molecule has 1 aliphatic carbocycles. The Balaban J connectivity index is 2.15. The van der Waals surface area contributed by atoms with E-state index in [4.69, 9.17) is 0 Å². The second-order valence-corrected chi connectivity index (χ2v) is 6.07. The Hall–Kier alpha value is -1.34. The third-order valence-corrected chi connectivity index (χ3v) is 4.68. The van der Waals surface area contributed by atoms with Crippen LogP contribution < -0.4 is 0 Å². The molecule has 1 heteroatoms. The summed E-state index contributed by atoms with van der Waals surface area (Å²) in [5.74, 6) is 0.330. The lowest BCUT2D eigenvalue weighted by atomic mass is 9.77. The summed E-state index contributed by atoms with van der Waals surface area (Å²) in [6.07, 6.45) is 6.62. The van der Waals surface area contributed by atoms with Crippen molar-refractivity contribution < 1.29 is 5.11 Å². The van der Waals surface area contributed by atoms with Crippen LogP contribution in [0.3, 0.4) is 0 Å². The Morgan fingerprint density at radius 3 is 2.65 bits per heavy atom. The predicted molar refractivity (Wildman–Crippen MR) is 85.2 cm³/mol. The van der Waals surface area contributed by atoms with E-state index in [0.717, 1.165) is 25.7 Å². The molecule has 1 fully saturated rings. The molecule has 0 bridgehead atoms. The van der Waals surface area contributed by atoms with Gasteiger partial charge in [-0.1, -0.05) is 62.6 Å². The molecule has 0 amide bonds. The first-order chi connectivity index (χ1) is 9.81. The van der Waals surface area contributed by atoms with Crippen LogP contribution in [0.1, 0.15) is 56.1 Å². The van der Waals surface area contributed by atoms with Crippen molar-refractivity contribution in [2.24, 2.45) is 0 Å². The molecule has 0 spiro atoms. The van der Waals surface area contributed by atoms with Crippen LogP contribution in [0, 0.1) is 0 Å². The molecule has 1 N–H and O–H groups in total. The average molecular weight is 268 g/mol. The van der Waals surface area contributed by atoms with Gasteiger partial charge < -0.3 is 5.11 Å². The van der Waals surface area contributed by atoms with Crippen molar-refractivity contribution in [2.75, 3.05) is 0 Å². The quantitative estimate of drug-likeness (QED) is 0.847. The number of aliphatic hydroxyl groups is 1. The molecule has 2 atom stereocenters. The van der Waals surface area contributed by atoms with E-state index in [0.29, 0.717) is 5.92 Å². The number of benzene rings is 2. The van der Waals surface area contributed by atoms with E-state index >= 15 is 0 Å². The van der Waals surface area contributed by atoms with Crippen LogP contribution in [-0.2, 0) is 6.42 Å². The third-order valence-electron chi connectivity index (χ3n) is 4.68. The summed E-state index contributed by atoms with van der Waals surface area (Å²) in [5.41, 5.74) is 2.87. The minimum Gasteiger partial charge on any atom is -0.392 e. The molecule has 0 radical (unpaired) electrons. The highest BCUT2D eigenvalue weighted by Crippen LogP contribution is 2.39. The van der Waals surface area contributed by atoms with Crippen LogP contribution in [0.4, 0.5) is 0 Å². The van der Waals surface area contributed by atoms with Crippen LogP contribution in [0.2, 0.25) is 0 Å². The topological polar surface area (TPSA) is 20.2 Å². The molecule has 0 aliphatic heterocycles. The van der Waals surface area contributed by atoms with Gasteiger partial charge in [-0.2, -0.15) is 0 Å². The number of rotatable bonds is 3. The fourth-order valence-electron chi connectivity index (χ4n) is 3.71. The van der Waals surface area contributed by atoms with Gasteiger partial charge in [-0.15, -0.1) is 0 Å². The molecule has 1 nitrogen and oxygen atoms in total. The summed E-state index contributed by atoms with van der Waals surface area (Å²) in [5, 5.41) is 13.1. The van der Waals surface area contributed by atoms with Crippen LogP contribution in [-0.4, -0.2) is 11.2 Å². The Morgan fingerprint density at radius 2 is 1.85 bits per heavy atom. The summed E-state index contributed by atoms with van der Waals surface area (Å²) < 4.78 is 0. The molecule has 0 saturated heterocycles. The fraction of sp³-hybridized carbons (Fsp3) is 0.474. The van der Waals surface area contributed by atoms with E-state index < -0.39 is 0 Å². The summed E-state index contributed by atoms with van der Waals surface area (Å²) in [6.45, 7) is 2.23. The molecule has 20 heavy (non-hydrogen) atoms. The molecule has 1 aliphatic rings. The number of hydrogen-bond donors (Lipinski definition) is 1. The number of hydrogen-bond acceptors (Lipinski definition) is 1. The number of fused-ring (bicyclic) bond motifs is 1. The maximum atomic E-state index is 10.5. The Kier molecular flexibility index (Phi) is 4.07. The second kappa shape index (κ2) is 5.97. The number of aryl methyl sites for hydroxylation is 1. The highest BCUT2D eigenvalue weighted by molar-refractivity contribution is 5.87. The lowest BCUT2D eigenvalue weighted by molar-refractivity contribution is 0.106. The van der Waals surface area contributed by atoms with Crippen molar-refractivity contribution in [3.8, 4) is 0 Å². The normalized spacial score (nSPS) is 23.1. The molecule has 0 heterocycles. The molecule has 0 aromatic heterocycles. The van der Waals surface area contributed by atoms with Gasteiger partial charge in [0, 0.05) is 5.92 Å². The molecule has 106 valence electrons. The number of aliphatic hydroxyl groups excluding tert-OH is 1. The van der Waals surface area contributed by atoms with Crippen molar-refractivity contribution in [3.05, 3.63) is 47.5 Å². The molecular weight excluding hydrogens is 244 g/mol. The average Bonchev–Trinajstić information content (AvgIpc) is 2.48. The SMILES string of the molecule is CCCc1ccc2ccccc2c1[C@H]1CCCC[C@H]1O. The van der Waals surface area contributed by atoms with Crippen LogP contribution in [0.25, 0.3) is 10.8 Å². The van der Waals surface area contributed by atoms with E-state index in [1.807, 2.05) is 0 Å². The minimum atomic E-state index is -0.162. The third kappa shape index (κ3) is 2.47. The van der Waals surface area contributed by atoms with Crippen molar-refractivity contribution in [1.29, 1.82) is 0 Å². The van der Waals surface area contributed by atoms with Gasteiger partial charge in [-0.3, -0.25) is 0 Å². The first-order valence-corrected chi connectivity index (χ1v) is 8.00. The minimum absolute atomic E-state index is 0.162. The van der Waals surface area contributed by atoms with E-state index in [2.05, 4.69) is 43.3 Å². The molecule has 0 unspecified atom stereocenters. The monoisotopic (exact) mass is 268 g/mol. The summed E-state index contributed by atoms with van der Waals surface area (Å²) in [7, 11) is 0. The summed E-state index contributed by atoms with van der Waals surface area (Å²) >= 11 is 0. The van der Waals surface area contributed by atoms with Gasteiger partial charge in [-0.05, 0) is 41.2 Å². The molecular formula is C19H24O. The van der Waals surface area contributed by atoms with Gasteiger partial charge in [0.25, 0.3) is 0 Å². The highest BCUT2D eigenvalue weighted by Gasteiger charge is 2.27. The van der Waals surface area contributed by atoms with Crippen LogP contribution in [0.5, 0.6) is 0 Å². The Morgan fingerprint density at radius 1 is 1.05 bits per heavy atom. The summed E-state index contributed by atoms with van der Waals surface area (Å²) in [6, 6.07) is 13.1. The maximum absolute atomic E-state index is 10.5. The molecule has 1 saturated carbocycles. The van der Waals surface area contributed by atoms with Gasteiger partial charge in [0.1, 0.15) is 0 Å². The predicted octanol–water partition coefficient (Wildman–Crippen LogP) is 4.81. The van der Waals surface area contributed by atoms with E-state index in [-0.39, 0.29) is 6.10 Å². The second-order valence-electron chi connectivity index (χ2n) is 6.07.